The lowest BCUT2D eigenvalue weighted by atomic mass is 10.3. The molecule has 8 heteroatoms. The molecule has 7 nitrogen and oxygen atoms in total. The molecule has 0 radical (unpaired) electrons. The van der Waals surface area contributed by atoms with Crippen LogP contribution in [0.25, 0.3) is 0 Å². The van der Waals surface area contributed by atoms with Gasteiger partial charge in [-0.1, -0.05) is 0 Å². The van der Waals surface area contributed by atoms with Crippen molar-refractivity contribution in [3.8, 4) is 5.75 Å². The van der Waals surface area contributed by atoms with E-state index in [0.717, 1.165) is 6.61 Å². The normalized spacial score (nSPS) is 28.7. The molecule has 23 heavy (non-hydrogen) atoms. The number of nitrogens with zero attached hydrogens (tertiary/aromatic N) is 1. The molecule has 3 aliphatic rings. The first-order valence-electron chi connectivity index (χ1n) is 7.69. The van der Waals surface area contributed by atoms with Crippen molar-refractivity contribution < 1.29 is 27.4 Å². The summed E-state index contributed by atoms with van der Waals surface area (Å²) in [6, 6.07) is 6.50. The summed E-state index contributed by atoms with van der Waals surface area (Å²) in [5.74, 6) is 0.641. The Morgan fingerprint density at radius 2 is 1.48 bits per heavy atom. The Hall–Kier alpha value is -1.19. The van der Waals surface area contributed by atoms with Crippen LogP contribution in [0, 0.1) is 0 Å². The third-order valence-corrected chi connectivity index (χ3v) is 5.76. The smallest absolute Gasteiger partial charge is 0.243 e. The zero-order chi connectivity index (χ0) is 15.9. The minimum Gasteiger partial charge on any atom is -0.491 e. The number of ether oxygens (including phenoxy) is 4. The van der Waals surface area contributed by atoms with Crippen LogP contribution >= 0.6 is 0 Å². The highest BCUT2D eigenvalue weighted by Gasteiger charge is 2.37. The summed E-state index contributed by atoms with van der Waals surface area (Å²) < 4.78 is 48.0. The molecule has 0 amide bonds. The van der Waals surface area contributed by atoms with Crippen LogP contribution in [0.2, 0.25) is 0 Å². The van der Waals surface area contributed by atoms with Crippen LogP contribution in [-0.2, 0) is 24.2 Å². The number of hydrogen-bond acceptors (Lipinski definition) is 6. The van der Waals surface area contributed by atoms with Crippen LogP contribution < -0.4 is 4.74 Å². The van der Waals surface area contributed by atoms with E-state index >= 15 is 0 Å². The SMILES string of the molecule is O=S(=O)(c1ccc(OCC2CO2)cc1)N(CC1CO1)CC1CO1. The molecule has 1 aromatic rings. The Morgan fingerprint density at radius 1 is 0.957 bits per heavy atom. The van der Waals surface area contributed by atoms with Crippen molar-refractivity contribution in [2.24, 2.45) is 0 Å². The fraction of sp³-hybridized carbons (Fsp3) is 0.600. The summed E-state index contributed by atoms with van der Waals surface area (Å²) in [4.78, 5) is 0.258. The van der Waals surface area contributed by atoms with Crippen LogP contribution in [0.1, 0.15) is 0 Å². The molecule has 0 spiro atoms. The van der Waals surface area contributed by atoms with Gasteiger partial charge in [-0.25, -0.2) is 8.42 Å². The lowest BCUT2D eigenvalue weighted by Crippen LogP contribution is -2.37. The van der Waals surface area contributed by atoms with Crippen molar-refractivity contribution in [3.63, 3.8) is 0 Å². The monoisotopic (exact) mass is 341 g/mol. The molecule has 0 saturated carbocycles. The van der Waals surface area contributed by atoms with Crippen LogP contribution in [-0.4, -0.2) is 70.6 Å². The van der Waals surface area contributed by atoms with E-state index in [2.05, 4.69) is 0 Å². The number of rotatable bonds is 9. The number of sulfonamides is 1. The molecule has 3 aliphatic heterocycles. The van der Waals surface area contributed by atoms with Crippen molar-refractivity contribution in [2.75, 3.05) is 39.5 Å². The second-order valence-electron chi connectivity index (χ2n) is 5.97. The van der Waals surface area contributed by atoms with E-state index in [9.17, 15) is 8.42 Å². The first kappa shape index (κ1) is 15.3. The Kier molecular flexibility index (Phi) is 4.02. The van der Waals surface area contributed by atoms with Gasteiger partial charge in [0.25, 0.3) is 0 Å². The van der Waals surface area contributed by atoms with Crippen molar-refractivity contribution in [3.05, 3.63) is 24.3 Å². The minimum absolute atomic E-state index is 0.00433. The molecule has 0 aromatic heterocycles. The van der Waals surface area contributed by atoms with E-state index in [4.69, 9.17) is 18.9 Å². The van der Waals surface area contributed by atoms with Crippen LogP contribution in [0.4, 0.5) is 0 Å². The van der Waals surface area contributed by atoms with Crippen LogP contribution in [0.3, 0.4) is 0 Å². The van der Waals surface area contributed by atoms with Crippen LogP contribution in [0.15, 0.2) is 29.2 Å². The molecule has 4 rings (SSSR count). The fourth-order valence-electron chi connectivity index (χ4n) is 2.28. The second-order valence-corrected chi connectivity index (χ2v) is 7.91. The van der Waals surface area contributed by atoms with Gasteiger partial charge in [0.1, 0.15) is 18.5 Å². The molecular weight excluding hydrogens is 322 g/mol. The highest BCUT2D eigenvalue weighted by Crippen LogP contribution is 2.25. The minimum atomic E-state index is -3.55. The fourth-order valence-corrected chi connectivity index (χ4v) is 3.79. The van der Waals surface area contributed by atoms with Crippen molar-refractivity contribution in [1.29, 1.82) is 0 Å². The average Bonchev–Trinajstić information content (AvgIpc) is 3.35. The maximum atomic E-state index is 12.8. The Balaban J connectivity index is 1.45. The molecule has 0 aliphatic carbocycles. The third-order valence-electron chi connectivity index (χ3n) is 3.92. The summed E-state index contributed by atoms with van der Waals surface area (Å²) in [7, 11) is -3.55. The predicted molar refractivity (Wildman–Crippen MR) is 79.9 cm³/mol. The summed E-state index contributed by atoms with van der Waals surface area (Å²) in [6.07, 6.45) is 0.181. The number of epoxide rings is 3. The summed E-state index contributed by atoms with van der Waals surface area (Å²) in [5.41, 5.74) is 0. The molecule has 1 aromatic carbocycles. The van der Waals surface area contributed by atoms with Gasteiger partial charge in [0, 0.05) is 13.1 Å². The molecule has 0 N–H and O–H groups in total. The van der Waals surface area contributed by atoms with Gasteiger partial charge in [0.2, 0.25) is 10.0 Å². The van der Waals surface area contributed by atoms with E-state index in [1.165, 1.54) is 4.31 Å². The van der Waals surface area contributed by atoms with Gasteiger partial charge in [-0.15, -0.1) is 0 Å². The van der Waals surface area contributed by atoms with Crippen molar-refractivity contribution >= 4 is 10.0 Å². The zero-order valence-corrected chi connectivity index (χ0v) is 13.4. The standard InChI is InChI=1S/C15H19NO6S/c17-23(18,16(5-12-7-20-12)6-13-8-21-13)15-3-1-11(2-4-15)19-9-14-10-22-14/h1-4,12-14H,5-10H2. The number of hydrogen-bond donors (Lipinski definition) is 0. The van der Waals surface area contributed by atoms with E-state index in [1.54, 1.807) is 24.3 Å². The van der Waals surface area contributed by atoms with Gasteiger partial charge in [-0.05, 0) is 24.3 Å². The molecule has 3 saturated heterocycles. The maximum absolute atomic E-state index is 12.8. The Bertz CT molecular complexity index is 635. The zero-order valence-electron chi connectivity index (χ0n) is 12.6. The molecule has 0 bridgehead atoms. The number of benzene rings is 1. The molecule has 3 unspecified atom stereocenters. The van der Waals surface area contributed by atoms with Gasteiger partial charge < -0.3 is 18.9 Å². The van der Waals surface area contributed by atoms with Crippen molar-refractivity contribution in [1.82, 2.24) is 4.31 Å². The first-order chi connectivity index (χ1) is 11.1. The first-order valence-corrected chi connectivity index (χ1v) is 9.13. The average molecular weight is 341 g/mol. The summed E-state index contributed by atoms with van der Waals surface area (Å²) >= 11 is 0. The summed E-state index contributed by atoms with van der Waals surface area (Å²) in [5, 5.41) is 0. The van der Waals surface area contributed by atoms with Gasteiger partial charge in [0.15, 0.2) is 0 Å². The molecule has 3 atom stereocenters. The molecular formula is C15H19NO6S. The lowest BCUT2D eigenvalue weighted by molar-refractivity contribution is 0.263. The Labute approximate surface area is 135 Å². The third kappa shape index (κ3) is 4.02. The molecule has 126 valence electrons. The topological polar surface area (TPSA) is 84.2 Å². The van der Waals surface area contributed by atoms with Gasteiger partial charge in [0.05, 0.1) is 36.9 Å². The van der Waals surface area contributed by atoms with Gasteiger partial charge in [-0.2, -0.15) is 4.31 Å². The molecule has 3 fully saturated rings. The summed E-state index contributed by atoms with van der Waals surface area (Å²) in [6.45, 7) is 3.21. The van der Waals surface area contributed by atoms with Gasteiger partial charge in [-0.3, -0.25) is 0 Å². The second kappa shape index (κ2) is 6.03. The quantitative estimate of drug-likeness (QED) is 0.599. The van der Waals surface area contributed by atoms with E-state index in [-0.39, 0.29) is 23.2 Å². The van der Waals surface area contributed by atoms with E-state index in [0.29, 0.717) is 38.7 Å². The highest BCUT2D eigenvalue weighted by atomic mass is 32.2. The van der Waals surface area contributed by atoms with E-state index in [1.807, 2.05) is 0 Å². The van der Waals surface area contributed by atoms with Crippen molar-refractivity contribution in [2.45, 2.75) is 23.2 Å². The van der Waals surface area contributed by atoms with E-state index < -0.39 is 10.0 Å². The lowest BCUT2D eigenvalue weighted by Gasteiger charge is -2.20. The Morgan fingerprint density at radius 3 is 1.96 bits per heavy atom. The van der Waals surface area contributed by atoms with Gasteiger partial charge >= 0.3 is 0 Å². The maximum Gasteiger partial charge on any atom is 0.243 e. The largest absolute Gasteiger partial charge is 0.491 e. The predicted octanol–water partition coefficient (Wildman–Crippen LogP) is 0.253. The molecule has 3 heterocycles. The highest BCUT2D eigenvalue weighted by molar-refractivity contribution is 7.89. The van der Waals surface area contributed by atoms with Crippen LogP contribution in [0.5, 0.6) is 5.75 Å².